The van der Waals surface area contributed by atoms with Gasteiger partial charge < -0.3 is 24.3 Å². The summed E-state index contributed by atoms with van der Waals surface area (Å²) in [6, 6.07) is 13.3. The molecule has 4 aliphatic rings. The van der Waals surface area contributed by atoms with Crippen molar-refractivity contribution in [3.63, 3.8) is 0 Å². The van der Waals surface area contributed by atoms with Crippen LogP contribution in [0.3, 0.4) is 0 Å². The van der Waals surface area contributed by atoms with Gasteiger partial charge in [-0.3, -0.25) is 9.69 Å². The first-order chi connectivity index (χ1) is 22.7. The fraction of sp³-hybridized carbons (Fsp3) is 0.528. The molecular weight excluding hydrogens is 638 g/mol. The highest BCUT2D eigenvalue weighted by atomic mass is 35.5. The summed E-state index contributed by atoms with van der Waals surface area (Å²) in [5, 5.41) is 4.27. The summed E-state index contributed by atoms with van der Waals surface area (Å²) in [7, 11) is 0. The van der Waals surface area contributed by atoms with E-state index in [1.54, 1.807) is 0 Å². The third kappa shape index (κ3) is 6.69. The number of anilines is 1. The van der Waals surface area contributed by atoms with Gasteiger partial charge in [-0.1, -0.05) is 74.4 Å². The van der Waals surface area contributed by atoms with Crippen molar-refractivity contribution in [2.24, 2.45) is 17.8 Å². The molecule has 250 valence electrons. The topological polar surface area (TPSA) is 99.2 Å². The SMILES string of the molecule is CC(C)[C@H]1CC[C@H](C)C[C@@H]1OC(=O)O[C@@H]1CCN([C@@H](c2cnc(NC(=O)C3(c4ccc5c(c4)OCO5)CC3)s2)c2ccccc2Cl)C1. The Balaban J connectivity index is 1.04. The van der Waals surface area contributed by atoms with Crippen LogP contribution in [-0.4, -0.2) is 54.0 Å². The van der Waals surface area contributed by atoms with Gasteiger partial charge in [-0.25, -0.2) is 9.78 Å². The Morgan fingerprint density at radius 3 is 2.68 bits per heavy atom. The van der Waals surface area contributed by atoms with Crippen molar-refractivity contribution in [2.75, 3.05) is 25.2 Å². The van der Waals surface area contributed by atoms with E-state index in [0.29, 0.717) is 58.9 Å². The molecule has 2 saturated carbocycles. The van der Waals surface area contributed by atoms with Crippen molar-refractivity contribution in [3.05, 3.63) is 69.7 Å². The molecule has 3 aromatic rings. The molecular formula is C36H42ClN3O6S. The number of thiazole rings is 1. The van der Waals surface area contributed by atoms with Crippen LogP contribution in [0, 0.1) is 17.8 Å². The molecule has 5 atom stereocenters. The van der Waals surface area contributed by atoms with Crippen LogP contribution in [0.2, 0.25) is 5.02 Å². The van der Waals surface area contributed by atoms with Gasteiger partial charge in [0.25, 0.3) is 0 Å². The number of fused-ring (bicyclic) bond motifs is 1. The Labute approximate surface area is 284 Å². The van der Waals surface area contributed by atoms with Crippen molar-refractivity contribution < 1.29 is 28.5 Å². The minimum Gasteiger partial charge on any atom is -0.454 e. The Kier molecular flexibility index (Phi) is 9.11. The summed E-state index contributed by atoms with van der Waals surface area (Å²) >= 11 is 8.20. The van der Waals surface area contributed by atoms with E-state index in [0.717, 1.165) is 41.7 Å². The highest BCUT2D eigenvalue weighted by Gasteiger charge is 2.52. The zero-order chi connectivity index (χ0) is 32.7. The molecule has 1 aromatic heterocycles. The van der Waals surface area contributed by atoms with Crippen molar-refractivity contribution in [1.29, 1.82) is 0 Å². The van der Waals surface area contributed by atoms with Crippen molar-refractivity contribution in [3.8, 4) is 11.5 Å². The van der Waals surface area contributed by atoms with Crippen LogP contribution in [0.1, 0.15) is 81.3 Å². The van der Waals surface area contributed by atoms with Gasteiger partial charge in [-0.05, 0) is 79.2 Å². The first-order valence-corrected chi connectivity index (χ1v) is 17.9. The smallest absolute Gasteiger partial charge is 0.454 e. The number of rotatable bonds is 9. The summed E-state index contributed by atoms with van der Waals surface area (Å²) in [5.41, 5.74) is 1.26. The van der Waals surface area contributed by atoms with Gasteiger partial charge in [0.1, 0.15) is 12.2 Å². The highest BCUT2D eigenvalue weighted by molar-refractivity contribution is 7.15. The zero-order valence-electron chi connectivity index (χ0n) is 27.1. The van der Waals surface area contributed by atoms with Gasteiger partial charge in [0.2, 0.25) is 12.7 Å². The highest BCUT2D eigenvalue weighted by Crippen LogP contribution is 2.51. The molecule has 9 nitrogen and oxygen atoms in total. The second-order valence-corrected chi connectivity index (χ2v) is 15.3. The van der Waals surface area contributed by atoms with E-state index in [1.807, 2.05) is 48.7 Å². The van der Waals surface area contributed by atoms with Crippen LogP contribution in [-0.2, 0) is 19.7 Å². The molecule has 0 unspecified atom stereocenters. The number of aromatic nitrogens is 1. The second-order valence-electron chi connectivity index (χ2n) is 13.9. The molecule has 47 heavy (non-hydrogen) atoms. The van der Waals surface area contributed by atoms with Gasteiger partial charge in [-0.15, -0.1) is 0 Å². The lowest BCUT2D eigenvalue weighted by Gasteiger charge is -2.36. The predicted molar refractivity (Wildman–Crippen MR) is 180 cm³/mol. The van der Waals surface area contributed by atoms with Crippen molar-refractivity contribution >= 4 is 40.1 Å². The molecule has 2 aliphatic carbocycles. The molecule has 1 N–H and O–H groups in total. The lowest BCUT2D eigenvalue weighted by Crippen LogP contribution is -2.37. The average molecular weight is 680 g/mol. The molecule has 2 aromatic carbocycles. The molecule has 2 aliphatic heterocycles. The summed E-state index contributed by atoms with van der Waals surface area (Å²) in [6.45, 7) is 8.06. The van der Waals surface area contributed by atoms with Crippen LogP contribution in [0.15, 0.2) is 48.7 Å². The molecule has 0 bridgehead atoms. The van der Waals surface area contributed by atoms with Gasteiger partial charge in [0, 0.05) is 29.2 Å². The first kappa shape index (κ1) is 32.2. The van der Waals surface area contributed by atoms with E-state index in [2.05, 4.69) is 36.0 Å². The molecule has 1 saturated heterocycles. The summed E-state index contributed by atoms with van der Waals surface area (Å²) in [5.74, 6) is 2.64. The third-order valence-corrected chi connectivity index (χ3v) is 11.6. The fourth-order valence-corrected chi connectivity index (χ4v) is 8.71. The minimum absolute atomic E-state index is 0.0771. The molecule has 1 amide bonds. The van der Waals surface area contributed by atoms with Gasteiger partial charge in [-0.2, -0.15) is 0 Å². The number of carbonyl (C=O) groups excluding carboxylic acids is 2. The van der Waals surface area contributed by atoms with E-state index < -0.39 is 11.6 Å². The van der Waals surface area contributed by atoms with Gasteiger partial charge in [0.15, 0.2) is 16.6 Å². The lowest BCUT2D eigenvalue weighted by atomic mass is 9.75. The molecule has 3 fully saturated rings. The standard InChI is InChI=1S/C36H42ClN3O6S/c1-21(2)25-10-8-22(3)16-29(25)46-35(42)45-24-12-15-40(19-24)32(26-6-4-5-7-27(26)37)31-18-38-34(47-31)39-33(41)36(13-14-36)23-9-11-28-30(17-23)44-20-43-28/h4-7,9,11,17-18,21-22,24-25,29,32H,8,10,12-16,19-20H2,1-3H3,(H,38,39,41)/t22-,24+,25+,29-,32+/m0/s1. The maximum atomic E-state index is 13.6. The lowest BCUT2D eigenvalue weighted by molar-refractivity contribution is -0.118. The molecule has 3 heterocycles. The summed E-state index contributed by atoms with van der Waals surface area (Å²) in [6.07, 6.45) is 6.16. The van der Waals surface area contributed by atoms with Crippen molar-refractivity contribution in [2.45, 2.75) is 83.0 Å². The number of carbonyl (C=O) groups is 2. The summed E-state index contributed by atoms with van der Waals surface area (Å²) in [4.78, 5) is 34.5. The maximum Gasteiger partial charge on any atom is 0.508 e. The van der Waals surface area contributed by atoms with E-state index in [9.17, 15) is 9.59 Å². The van der Waals surface area contributed by atoms with E-state index >= 15 is 0 Å². The number of halogens is 1. The number of likely N-dealkylation sites (tertiary alicyclic amines) is 1. The number of ether oxygens (including phenoxy) is 4. The monoisotopic (exact) mass is 679 g/mol. The Morgan fingerprint density at radius 2 is 1.89 bits per heavy atom. The fourth-order valence-electron chi connectivity index (χ4n) is 7.50. The molecule has 0 spiro atoms. The maximum absolute atomic E-state index is 13.6. The Bertz CT molecular complexity index is 1630. The molecule has 7 rings (SSSR count). The zero-order valence-corrected chi connectivity index (χ0v) is 28.6. The van der Waals surface area contributed by atoms with E-state index in [4.69, 9.17) is 30.5 Å². The van der Waals surface area contributed by atoms with Crippen molar-refractivity contribution in [1.82, 2.24) is 9.88 Å². The van der Waals surface area contributed by atoms with Crippen LogP contribution in [0.4, 0.5) is 9.93 Å². The molecule has 0 radical (unpaired) electrons. The number of hydrogen-bond acceptors (Lipinski definition) is 9. The van der Waals surface area contributed by atoms with E-state index in [1.165, 1.54) is 17.8 Å². The summed E-state index contributed by atoms with van der Waals surface area (Å²) < 4.78 is 22.9. The van der Waals surface area contributed by atoms with Crippen LogP contribution < -0.4 is 14.8 Å². The Morgan fingerprint density at radius 1 is 1.09 bits per heavy atom. The number of hydrogen-bond donors (Lipinski definition) is 1. The number of nitrogens with zero attached hydrogens (tertiary/aromatic N) is 2. The largest absolute Gasteiger partial charge is 0.508 e. The number of amides is 1. The normalized spacial score (nSPS) is 25.4. The third-order valence-electron chi connectivity index (χ3n) is 10.3. The average Bonchev–Trinajstić information content (AvgIpc) is 3.32. The van der Waals surface area contributed by atoms with Crippen LogP contribution in [0.5, 0.6) is 11.5 Å². The van der Waals surface area contributed by atoms with Gasteiger partial charge in [0.05, 0.1) is 11.5 Å². The number of benzene rings is 2. The van der Waals surface area contributed by atoms with Crippen LogP contribution in [0.25, 0.3) is 0 Å². The predicted octanol–water partition coefficient (Wildman–Crippen LogP) is 7.97. The minimum atomic E-state index is -0.603. The van der Waals surface area contributed by atoms with E-state index in [-0.39, 0.29) is 30.9 Å². The first-order valence-electron chi connectivity index (χ1n) is 16.7. The Hall–Kier alpha value is -3.34. The van der Waals surface area contributed by atoms with Gasteiger partial charge >= 0.3 is 6.16 Å². The molecule has 11 heteroatoms. The quantitative estimate of drug-likeness (QED) is 0.227. The van der Waals surface area contributed by atoms with Crippen LogP contribution >= 0.6 is 22.9 Å². The number of nitrogens with one attached hydrogen (secondary N) is 1. The second kappa shape index (κ2) is 13.3.